The minimum atomic E-state index is -0.188. The number of aromatic nitrogens is 3. The first-order valence-electron chi connectivity index (χ1n) is 9.26. The molecule has 1 amide bonds. The lowest BCUT2D eigenvalue weighted by atomic mass is 10.0. The van der Waals surface area contributed by atoms with Crippen molar-refractivity contribution in [1.29, 1.82) is 0 Å². The van der Waals surface area contributed by atoms with Crippen LogP contribution in [0.3, 0.4) is 0 Å². The Hall–Kier alpha value is -3.02. The standard InChI is InChI=1S/C21H22N4O2/c1-14-6-9-16(10-7-14)21(26)25-12-4-3-5-18(25)20-24-23-19(27-20)17-11-8-15(2)22-13-17/h6-11,13,18H,3-5,12H2,1-2H3. The molecular formula is C21H22N4O2. The fourth-order valence-electron chi connectivity index (χ4n) is 3.37. The number of hydrogen-bond acceptors (Lipinski definition) is 5. The maximum absolute atomic E-state index is 13.0. The van der Waals surface area contributed by atoms with E-state index in [4.69, 9.17) is 4.42 Å². The maximum atomic E-state index is 13.0. The first kappa shape index (κ1) is 17.4. The summed E-state index contributed by atoms with van der Waals surface area (Å²) in [5.41, 5.74) is 3.54. The Bertz CT molecular complexity index is 932. The van der Waals surface area contributed by atoms with Crippen molar-refractivity contribution in [3.05, 3.63) is 65.3 Å². The van der Waals surface area contributed by atoms with Crippen LogP contribution in [0.15, 0.2) is 47.0 Å². The molecule has 6 nitrogen and oxygen atoms in total. The molecule has 3 heterocycles. The highest BCUT2D eigenvalue weighted by molar-refractivity contribution is 5.94. The number of carbonyl (C=O) groups excluding carboxylic acids is 1. The smallest absolute Gasteiger partial charge is 0.254 e. The van der Waals surface area contributed by atoms with Crippen molar-refractivity contribution < 1.29 is 9.21 Å². The van der Waals surface area contributed by atoms with Gasteiger partial charge in [0.15, 0.2) is 0 Å². The van der Waals surface area contributed by atoms with Crippen molar-refractivity contribution in [2.75, 3.05) is 6.54 Å². The summed E-state index contributed by atoms with van der Waals surface area (Å²) in [5.74, 6) is 0.938. The SMILES string of the molecule is Cc1ccc(C(=O)N2CCCCC2c2nnc(-c3ccc(C)nc3)o2)cc1. The van der Waals surface area contributed by atoms with Crippen LogP contribution in [0.4, 0.5) is 0 Å². The quantitative estimate of drug-likeness (QED) is 0.701. The van der Waals surface area contributed by atoms with Gasteiger partial charge in [0.05, 0.1) is 5.56 Å². The monoisotopic (exact) mass is 362 g/mol. The van der Waals surface area contributed by atoms with E-state index in [1.54, 1.807) is 6.20 Å². The number of pyridine rings is 1. The van der Waals surface area contributed by atoms with Crippen LogP contribution in [-0.4, -0.2) is 32.5 Å². The van der Waals surface area contributed by atoms with Crippen LogP contribution in [0.5, 0.6) is 0 Å². The number of likely N-dealkylation sites (tertiary alicyclic amines) is 1. The average Bonchev–Trinajstić information content (AvgIpc) is 3.19. The summed E-state index contributed by atoms with van der Waals surface area (Å²) in [5, 5.41) is 8.42. The summed E-state index contributed by atoms with van der Waals surface area (Å²) in [6, 6.07) is 11.3. The molecule has 6 heteroatoms. The molecule has 2 aromatic heterocycles. The molecule has 0 N–H and O–H groups in total. The molecule has 0 saturated carbocycles. The van der Waals surface area contributed by atoms with E-state index in [-0.39, 0.29) is 11.9 Å². The minimum Gasteiger partial charge on any atom is -0.418 e. The number of nitrogens with zero attached hydrogens (tertiary/aromatic N) is 4. The van der Waals surface area contributed by atoms with Gasteiger partial charge in [-0.2, -0.15) is 0 Å². The third-order valence-corrected chi connectivity index (χ3v) is 4.95. The first-order chi connectivity index (χ1) is 13.1. The largest absolute Gasteiger partial charge is 0.418 e. The minimum absolute atomic E-state index is 0.0106. The normalized spacial score (nSPS) is 17.1. The molecular weight excluding hydrogens is 340 g/mol. The lowest BCUT2D eigenvalue weighted by Crippen LogP contribution is -2.38. The van der Waals surface area contributed by atoms with E-state index >= 15 is 0 Å². The number of benzene rings is 1. The molecule has 0 radical (unpaired) electrons. The van der Waals surface area contributed by atoms with Gasteiger partial charge in [-0.15, -0.1) is 10.2 Å². The second-order valence-corrected chi connectivity index (χ2v) is 7.01. The molecule has 1 aliphatic heterocycles. The van der Waals surface area contributed by atoms with Gasteiger partial charge >= 0.3 is 0 Å². The molecule has 0 aliphatic carbocycles. The zero-order valence-electron chi connectivity index (χ0n) is 15.6. The molecule has 1 atom stereocenters. The Kier molecular flexibility index (Phi) is 4.71. The predicted octanol–water partition coefficient (Wildman–Crippen LogP) is 4.12. The van der Waals surface area contributed by atoms with E-state index in [1.165, 1.54) is 0 Å². The fraction of sp³-hybridized carbons (Fsp3) is 0.333. The molecule has 0 spiro atoms. The molecule has 1 aliphatic rings. The lowest BCUT2D eigenvalue weighted by Gasteiger charge is -2.33. The van der Waals surface area contributed by atoms with Crippen LogP contribution in [0.2, 0.25) is 0 Å². The van der Waals surface area contributed by atoms with Crippen molar-refractivity contribution >= 4 is 5.91 Å². The number of aryl methyl sites for hydroxylation is 2. The van der Waals surface area contributed by atoms with Gasteiger partial charge in [0.25, 0.3) is 5.91 Å². The molecule has 4 rings (SSSR count). The van der Waals surface area contributed by atoms with Crippen LogP contribution < -0.4 is 0 Å². The number of amides is 1. The second-order valence-electron chi connectivity index (χ2n) is 7.01. The van der Waals surface area contributed by atoms with Gasteiger partial charge in [0.2, 0.25) is 11.8 Å². The van der Waals surface area contributed by atoms with Crippen molar-refractivity contribution in [2.24, 2.45) is 0 Å². The summed E-state index contributed by atoms with van der Waals surface area (Å²) < 4.78 is 5.93. The summed E-state index contributed by atoms with van der Waals surface area (Å²) in [6.07, 6.45) is 4.57. The summed E-state index contributed by atoms with van der Waals surface area (Å²) in [4.78, 5) is 19.2. The maximum Gasteiger partial charge on any atom is 0.254 e. The molecule has 1 saturated heterocycles. The zero-order chi connectivity index (χ0) is 18.8. The topological polar surface area (TPSA) is 72.1 Å². The van der Waals surface area contributed by atoms with E-state index in [1.807, 2.05) is 55.1 Å². The van der Waals surface area contributed by atoms with Crippen LogP contribution >= 0.6 is 0 Å². The summed E-state index contributed by atoms with van der Waals surface area (Å²) in [6.45, 7) is 4.64. The number of hydrogen-bond donors (Lipinski definition) is 0. The van der Waals surface area contributed by atoms with Gasteiger partial charge in [0.1, 0.15) is 6.04 Å². The Morgan fingerprint density at radius 2 is 1.89 bits per heavy atom. The third kappa shape index (κ3) is 3.60. The number of carbonyl (C=O) groups is 1. The molecule has 138 valence electrons. The lowest BCUT2D eigenvalue weighted by molar-refractivity contribution is 0.0572. The van der Waals surface area contributed by atoms with Gasteiger partial charge in [-0.1, -0.05) is 17.7 Å². The Morgan fingerprint density at radius 3 is 2.63 bits per heavy atom. The van der Waals surface area contributed by atoms with Crippen molar-refractivity contribution in [1.82, 2.24) is 20.1 Å². The zero-order valence-corrected chi connectivity index (χ0v) is 15.6. The van der Waals surface area contributed by atoms with E-state index in [9.17, 15) is 4.79 Å². The van der Waals surface area contributed by atoms with Crippen molar-refractivity contribution in [3.63, 3.8) is 0 Å². The summed E-state index contributed by atoms with van der Waals surface area (Å²) >= 11 is 0. The fourth-order valence-corrected chi connectivity index (χ4v) is 3.37. The number of rotatable bonds is 3. The van der Waals surface area contributed by atoms with Crippen LogP contribution in [0.25, 0.3) is 11.5 Å². The molecule has 0 bridgehead atoms. The van der Waals surface area contributed by atoms with Crippen LogP contribution in [0, 0.1) is 13.8 Å². The van der Waals surface area contributed by atoms with E-state index in [0.717, 1.165) is 36.1 Å². The van der Waals surface area contributed by atoms with Crippen molar-refractivity contribution in [3.8, 4) is 11.5 Å². The first-order valence-corrected chi connectivity index (χ1v) is 9.26. The second kappa shape index (κ2) is 7.31. The van der Waals surface area contributed by atoms with Gasteiger partial charge in [-0.05, 0) is 57.4 Å². The predicted molar refractivity (Wildman–Crippen MR) is 101 cm³/mol. The van der Waals surface area contributed by atoms with Crippen LogP contribution in [0.1, 0.15) is 52.8 Å². The van der Waals surface area contributed by atoms with Gasteiger partial charge in [0, 0.05) is 24.0 Å². The van der Waals surface area contributed by atoms with Gasteiger partial charge in [-0.25, -0.2) is 0 Å². The third-order valence-electron chi connectivity index (χ3n) is 4.95. The summed E-state index contributed by atoms with van der Waals surface area (Å²) in [7, 11) is 0. The molecule has 27 heavy (non-hydrogen) atoms. The van der Waals surface area contributed by atoms with Gasteiger partial charge in [-0.3, -0.25) is 9.78 Å². The Morgan fingerprint density at radius 1 is 1.07 bits per heavy atom. The Labute approximate surface area is 158 Å². The van der Waals surface area contributed by atoms with E-state index < -0.39 is 0 Å². The van der Waals surface area contributed by atoms with E-state index in [0.29, 0.717) is 23.9 Å². The molecule has 3 aromatic rings. The van der Waals surface area contributed by atoms with Crippen molar-refractivity contribution in [2.45, 2.75) is 39.2 Å². The highest BCUT2D eigenvalue weighted by atomic mass is 16.4. The molecule has 1 aromatic carbocycles. The number of piperidine rings is 1. The highest BCUT2D eigenvalue weighted by Gasteiger charge is 2.32. The highest BCUT2D eigenvalue weighted by Crippen LogP contribution is 2.32. The van der Waals surface area contributed by atoms with Gasteiger partial charge < -0.3 is 9.32 Å². The van der Waals surface area contributed by atoms with Crippen LogP contribution in [-0.2, 0) is 0 Å². The average molecular weight is 362 g/mol. The molecule has 1 unspecified atom stereocenters. The van der Waals surface area contributed by atoms with E-state index in [2.05, 4.69) is 15.2 Å². The Balaban J connectivity index is 1.60. The molecule has 1 fully saturated rings.